The highest BCUT2D eigenvalue weighted by molar-refractivity contribution is 5.77. The number of carbonyl (C=O) groups excluding carboxylic acids is 1. The molecule has 0 heterocycles. The van der Waals surface area contributed by atoms with Crippen molar-refractivity contribution in [3.05, 3.63) is 25.5 Å². The second-order valence-corrected chi connectivity index (χ2v) is 3.15. The van der Waals surface area contributed by atoms with Crippen LogP contribution in [0.4, 0.5) is 0 Å². The van der Waals surface area contributed by atoms with E-state index in [1.807, 2.05) is 0 Å². The number of ether oxygens (including phenoxy) is 1. The Kier molecular flexibility index (Phi) is 7.57. The first kappa shape index (κ1) is 14.2. The van der Waals surface area contributed by atoms with Crippen LogP contribution in [-0.4, -0.2) is 29.6 Å². The Hall–Kier alpha value is -1.78. The van der Waals surface area contributed by atoms with E-state index in [0.29, 0.717) is 13.0 Å². The zero-order valence-electron chi connectivity index (χ0n) is 9.15. The van der Waals surface area contributed by atoms with Crippen LogP contribution in [0.3, 0.4) is 0 Å². The van der Waals surface area contributed by atoms with Crippen LogP contribution in [0.25, 0.3) is 0 Å². The van der Waals surface area contributed by atoms with Crippen molar-refractivity contribution in [1.29, 1.82) is 0 Å². The standard InChI is InChI=1S/C11H17NO4/c1-3-5-10(13)12-7-6-9(16-4-2)8-11(14)15/h3-4,9H,1-2,5-8H2,(H,12,13)(H,14,15)/t9-/m1/s1. The fourth-order valence-electron chi connectivity index (χ4n) is 1.12. The average Bonchev–Trinajstić information content (AvgIpc) is 2.17. The average molecular weight is 227 g/mol. The van der Waals surface area contributed by atoms with Gasteiger partial charge in [0.15, 0.2) is 0 Å². The lowest BCUT2D eigenvalue weighted by Crippen LogP contribution is -2.27. The molecule has 90 valence electrons. The molecule has 0 radical (unpaired) electrons. The van der Waals surface area contributed by atoms with Gasteiger partial charge in [-0.05, 0) is 0 Å². The molecule has 0 aliphatic rings. The number of rotatable bonds is 9. The van der Waals surface area contributed by atoms with E-state index in [0.717, 1.165) is 0 Å². The van der Waals surface area contributed by atoms with Crippen LogP contribution < -0.4 is 5.32 Å². The minimum atomic E-state index is -0.940. The summed E-state index contributed by atoms with van der Waals surface area (Å²) in [4.78, 5) is 21.5. The lowest BCUT2D eigenvalue weighted by atomic mass is 10.2. The summed E-state index contributed by atoms with van der Waals surface area (Å²) in [6, 6.07) is 0. The molecule has 0 fully saturated rings. The van der Waals surface area contributed by atoms with Gasteiger partial charge in [-0.2, -0.15) is 0 Å². The molecule has 1 amide bonds. The summed E-state index contributed by atoms with van der Waals surface area (Å²) >= 11 is 0. The maximum absolute atomic E-state index is 11.0. The lowest BCUT2D eigenvalue weighted by Gasteiger charge is -2.14. The third-order valence-corrected chi connectivity index (χ3v) is 1.81. The number of nitrogens with one attached hydrogen (secondary N) is 1. The Morgan fingerprint density at radius 3 is 2.62 bits per heavy atom. The largest absolute Gasteiger partial charge is 0.498 e. The molecule has 0 aromatic heterocycles. The minimum Gasteiger partial charge on any atom is -0.498 e. The van der Waals surface area contributed by atoms with E-state index < -0.39 is 12.1 Å². The Morgan fingerprint density at radius 2 is 2.12 bits per heavy atom. The van der Waals surface area contributed by atoms with Crippen LogP contribution in [0.1, 0.15) is 19.3 Å². The second-order valence-electron chi connectivity index (χ2n) is 3.15. The second kappa shape index (κ2) is 8.52. The molecule has 5 nitrogen and oxygen atoms in total. The molecule has 1 atom stereocenters. The molecule has 0 unspecified atom stereocenters. The van der Waals surface area contributed by atoms with Crippen molar-refractivity contribution in [3.63, 3.8) is 0 Å². The number of hydrogen-bond donors (Lipinski definition) is 2. The SMILES string of the molecule is C=CCC(=O)NCC[C@H](CC(=O)O)OC=C. The topological polar surface area (TPSA) is 75.6 Å². The Balaban J connectivity index is 3.82. The quantitative estimate of drug-likeness (QED) is 0.456. The van der Waals surface area contributed by atoms with Gasteiger partial charge in [-0.15, -0.1) is 6.58 Å². The molecular formula is C11H17NO4. The highest BCUT2D eigenvalue weighted by Crippen LogP contribution is 2.03. The van der Waals surface area contributed by atoms with Crippen molar-refractivity contribution in [1.82, 2.24) is 5.32 Å². The number of amides is 1. The van der Waals surface area contributed by atoms with Crippen molar-refractivity contribution >= 4 is 11.9 Å². The smallest absolute Gasteiger partial charge is 0.307 e. The number of carboxylic acids is 1. The van der Waals surface area contributed by atoms with Gasteiger partial charge in [0.25, 0.3) is 0 Å². The molecular weight excluding hydrogens is 210 g/mol. The highest BCUT2D eigenvalue weighted by atomic mass is 16.5. The van der Waals surface area contributed by atoms with E-state index >= 15 is 0 Å². The number of hydrogen-bond acceptors (Lipinski definition) is 3. The molecule has 0 aliphatic carbocycles. The van der Waals surface area contributed by atoms with Gasteiger partial charge in [0, 0.05) is 19.4 Å². The number of aliphatic carboxylic acids is 1. The van der Waals surface area contributed by atoms with Crippen molar-refractivity contribution in [3.8, 4) is 0 Å². The van der Waals surface area contributed by atoms with Gasteiger partial charge in [-0.1, -0.05) is 12.7 Å². The molecule has 2 N–H and O–H groups in total. The fraction of sp³-hybridized carbons (Fsp3) is 0.455. The zero-order valence-corrected chi connectivity index (χ0v) is 9.15. The van der Waals surface area contributed by atoms with Gasteiger partial charge in [-0.3, -0.25) is 9.59 Å². The summed E-state index contributed by atoms with van der Waals surface area (Å²) < 4.78 is 5.01. The van der Waals surface area contributed by atoms with E-state index in [2.05, 4.69) is 18.5 Å². The van der Waals surface area contributed by atoms with Gasteiger partial charge in [0.1, 0.15) is 6.10 Å². The number of carboxylic acid groups (broad SMARTS) is 1. The van der Waals surface area contributed by atoms with E-state index in [9.17, 15) is 9.59 Å². The van der Waals surface area contributed by atoms with Crippen molar-refractivity contribution in [2.24, 2.45) is 0 Å². The molecule has 0 rings (SSSR count). The van der Waals surface area contributed by atoms with Gasteiger partial charge < -0.3 is 15.2 Å². The van der Waals surface area contributed by atoms with Crippen LogP contribution in [-0.2, 0) is 14.3 Å². The molecule has 0 saturated heterocycles. The fourth-order valence-corrected chi connectivity index (χ4v) is 1.12. The highest BCUT2D eigenvalue weighted by Gasteiger charge is 2.13. The third-order valence-electron chi connectivity index (χ3n) is 1.81. The maximum atomic E-state index is 11.0. The summed E-state index contributed by atoms with van der Waals surface area (Å²) in [7, 11) is 0. The first-order chi connectivity index (χ1) is 7.60. The van der Waals surface area contributed by atoms with E-state index in [1.165, 1.54) is 12.3 Å². The minimum absolute atomic E-state index is 0.108. The van der Waals surface area contributed by atoms with Crippen molar-refractivity contribution < 1.29 is 19.4 Å². The van der Waals surface area contributed by atoms with Crippen LogP contribution in [0.15, 0.2) is 25.5 Å². The summed E-state index contributed by atoms with van der Waals surface area (Å²) in [5.41, 5.74) is 0. The van der Waals surface area contributed by atoms with Gasteiger partial charge >= 0.3 is 5.97 Å². The van der Waals surface area contributed by atoms with E-state index in [1.54, 1.807) is 0 Å². The monoisotopic (exact) mass is 227 g/mol. The Morgan fingerprint density at radius 1 is 1.44 bits per heavy atom. The van der Waals surface area contributed by atoms with Crippen LogP contribution >= 0.6 is 0 Å². The van der Waals surface area contributed by atoms with E-state index in [-0.39, 0.29) is 18.7 Å². The zero-order chi connectivity index (χ0) is 12.4. The van der Waals surface area contributed by atoms with Crippen molar-refractivity contribution in [2.45, 2.75) is 25.4 Å². The molecule has 5 heteroatoms. The Labute approximate surface area is 94.8 Å². The summed E-state index contributed by atoms with van der Waals surface area (Å²) in [6.07, 6.45) is 2.83. The molecule has 0 spiro atoms. The van der Waals surface area contributed by atoms with Gasteiger partial charge in [0.05, 0.1) is 12.7 Å². The maximum Gasteiger partial charge on any atom is 0.307 e. The van der Waals surface area contributed by atoms with Crippen molar-refractivity contribution in [2.75, 3.05) is 6.54 Å². The van der Waals surface area contributed by atoms with Crippen LogP contribution in [0.5, 0.6) is 0 Å². The predicted molar refractivity (Wildman–Crippen MR) is 59.8 cm³/mol. The summed E-state index contributed by atoms with van der Waals surface area (Å²) in [6.45, 7) is 7.17. The Bertz CT molecular complexity index is 263. The summed E-state index contributed by atoms with van der Waals surface area (Å²) in [5, 5.41) is 11.2. The third kappa shape index (κ3) is 7.61. The van der Waals surface area contributed by atoms with Crippen LogP contribution in [0.2, 0.25) is 0 Å². The van der Waals surface area contributed by atoms with Crippen LogP contribution in [0, 0.1) is 0 Å². The first-order valence-corrected chi connectivity index (χ1v) is 4.96. The van der Waals surface area contributed by atoms with Gasteiger partial charge in [0.2, 0.25) is 5.91 Å². The molecule has 16 heavy (non-hydrogen) atoms. The molecule has 0 aliphatic heterocycles. The van der Waals surface area contributed by atoms with E-state index in [4.69, 9.17) is 9.84 Å². The first-order valence-electron chi connectivity index (χ1n) is 4.96. The lowest BCUT2D eigenvalue weighted by molar-refractivity contribution is -0.139. The summed E-state index contributed by atoms with van der Waals surface area (Å²) in [5.74, 6) is -1.08. The normalized spacial score (nSPS) is 11.2. The van der Waals surface area contributed by atoms with Gasteiger partial charge in [-0.25, -0.2) is 0 Å². The number of carbonyl (C=O) groups is 2. The predicted octanol–water partition coefficient (Wildman–Crippen LogP) is 1.07. The molecule has 0 aromatic rings. The molecule has 0 saturated carbocycles. The molecule has 0 aromatic carbocycles. The molecule has 0 bridgehead atoms.